The number of allylic oxidation sites excluding steroid dienone is 2. The fourth-order valence-corrected chi connectivity index (χ4v) is 3.60. The summed E-state index contributed by atoms with van der Waals surface area (Å²) in [7, 11) is 3.04. The highest BCUT2D eigenvalue weighted by Crippen LogP contribution is 2.32. The van der Waals surface area contributed by atoms with Gasteiger partial charge in [-0.3, -0.25) is 9.59 Å². The molecule has 0 saturated heterocycles. The van der Waals surface area contributed by atoms with Crippen molar-refractivity contribution in [3.8, 4) is 0 Å². The topological polar surface area (TPSA) is 92.0 Å². The average molecular weight is 438 g/mol. The van der Waals surface area contributed by atoms with Crippen molar-refractivity contribution in [2.24, 2.45) is 0 Å². The Bertz CT molecular complexity index is 1070. The third kappa shape index (κ3) is 4.95. The second kappa shape index (κ2) is 10.3. The summed E-state index contributed by atoms with van der Waals surface area (Å²) in [5.74, 6) is -1.33. The third-order valence-corrected chi connectivity index (χ3v) is 5.09. The quantitative estimate of drug-likeness (QED) is 0.422. The Hall–Kier alpha value is -3.29. The van der Waals surface area contributed by atoms with Crippen LogP contribution in [0.2, 0.25) is 0 Å². The van der Waals surface area contributed by atoms with Gasteiger partial charge >= 0.3 is 5.97 Å². The Morgan fingerprint density at radius 3 is 2.25 bits per heavy atom. The number of Topliss-reactive ketones (excluding diaryl/α,β-unsaturated/α-hetero) is 1. The molecule has 0 bridgehead atoms. The van der Waals surface area contributed by atoms with E-state index in [0.29, 0.717) is 16.7 Å². The summed E-state index contributed by atoms with van der Waals surface area (Å²) in [6.07, 6.45) is 5.08. The highest BCUT2D eigenvalue weighted by molar-refractivity contribution is 6.26. The van der Waals surface area contributed by atoms with E-state index in [1.54, 1.807) is 12.1 Å². The minimum atomic E-state index is -0.932. The number of furan rings is 1. The molecular weight excluding hydrogens is 412 g/mol. The van der Waals surface area contributed by atoms with Crippen molar-refractivity contribution in [1.29, 1.82) is 0 Å². The molecular formula is C25H26O7. The van der Waals surface area contributed by atoms with Gasteiger partial charge in [-0.1, -0.05) is 23.8 Å². The van der Waals surface area contributed by atoms with Gasteiger partial charge in [-0.05, 0) is 37.1 Å². The van der Waals surface area contributed by atoms with Gasteiger partial charge in [0.05, 0.1) is 25.0 Å². The van der Waals surface area contributed by atoms with Crippen LogP contribution in [0.1, 0.15) is 62.5 Å². The second-order valence-electron chi connectivity index (χ2n) is 7.72. The van der Waals surface area contributed by atoms with Crippen LogP contribution in [0.15, 0.2) is 58.4 Å². The van der Waals surface area contributed by atoms with E-state index in [1.165, 1.54) is 38.9 Å². The maximum Gasteiger partial charge on any atom is 0.342 e. The minimum Gasteiger partial charge on any atom is -0.472 e. The molecule has 168 valence electrons. The molecule has 0 N–H and O–H groups in total. The van der Waals surface area contributed by atoms with Crippen molar-refractivity contribution in [2.75, 3.05) is 14.2 Å². The Labute approximate surface area is 186 Å². The first kappa shape index (κ1) is 23.4. The summed E-state index contributed by atoms with van der Waals surface area (Å²) >= 11 is 0. The van der Waals surface area contributed by atoms with Crippen molar-refractivity contribution in [3.05, 3.63) is 81.8 Å². The van der Waals surface area contributed by atoms with E-state index in [9.17, 15) is 14.4 Å². The van der Waals surface area contributed by atoms with E-state index in [0.717, 1.165) is 5.57 Å². The van der Waals surface area contributed by atoms with E-state index in [-0.39, 0.29) is 47.9 Å². The number of esters is 1. The summed E-state index contributed by atoms with van der Waals surface area (Å²) < 4.78 is 21.1. The second-order valence-corrected chi connectivity index (χ2v) is 7.72. The van der Waals surface area contributed by atoms with Crippen molar-refractivity contribution < 1.29 is 33.0 Å². The molecule has 0 fully saturated rings. The van der Waals surface area contributed by atoms with Crippen LogP contribution in [0.25, 0.3) is 0 Å². The fraction of sp³-hybridized carbons (Fsp3) is 0.320. The molecule has 0 saturated carbocycles. The van der Waals surface area contributed by atoms with E-state index in [4.69, 9.17) is 18.6 Å². The number of rotatable bonds is 9. The largest absolute Gasteiger partial charge is 0.472 e. The molecule has 3 rings (SSSR count). The van der Waals surface area contributed by atoms with Crippen molar-refractivity contribution in [1.82, 2.24) is 0 Å². The van der Waals surface area contributed by atoms with Crippen LogP contribution >= 0.6 is 0 Å². The molecule has 2 aromatic rings. The number of carbonyl (C=O) groups is 3. The molecule has 7 heteroatoms. The Kier molecular flexibility index (Phi) is 7.56. The molecule has 0 amide bonds. The van der Waals surface area contributed by atoms with Crippen LogP contribution in [-0.4, -0.2) is 37.9 Å². The lowest BCUT2D eigenvalue weighted by Gasteiger charge is -2.25. The Morgan fingerprint density at radius 1 is 1.03 bits per heavy atom. The van der Waals surface area contributed by atoms with Gasteiger partial charge in [0.25, 0.3) is 0 Å². The highest BCUT2D eigenvalue weighted by Gasteiger charge is 2.35. The van der Waals surface area contributed by atoms with Crippen LogP contribution < -0.4 is 0 Å². The molecule has 1 aliphatic carbocycles. The standard InChI is InChI=1S/C25H26O7/c1-15(2)5-8-21(32-25(28)18-9-10-31-14-18)19-11-20(26)22-16(12-29-3)6-7-17(13-30-4)23(22)24(19)27/h5-7,9-11,14,21H,8,12-13H2,1-4H3. The zero-order valence-electron chi connectivity index (χ0n) is 18.6. The average Bonchev–Trinajstić information content (AvgIpc) is 3.30. The molecule has 1 atom stereocenters. The summed E-state index contributed by atoms with van der Waals surface area (Å²) in [5, 5.41) is 0. The first-order valence-electron chi connectivity index (χ1n) is 10.2. The predicted molar refractivity (Wildman–Crippen MR) is 117 cm³/mol. The van der Waals surface area contributed by atoms with Gasteiger partial charge in [-0.15, -0.1) is 0 Å². The Morgan fingerprint density at radius 2 is 1.69 bits per heavy atom. The van der Waals surface area contributed by atoms with Crippen molar-refractivity contribution in [3.63, 3.8) is 0 Å². The number of fused-ring (bicyclic) bond motifs is 1. The van der Waals surface area contributed by atoms with Crippen LogP contribution in [0.3, 0.4) is 0 Å². The number of ketones is 2. The lowest BCUT2D eigenvalue weighted by Crippen LogP contribution is -2.30. The number of methoxy groups -OCH3 is 2. The molecule has 1 aliphatic rings. The molecule has 0 radical (unpaired) electrons. The molecule has 0 spiro atoms. The van der Waals surface area contributed by atoms with Gasteiger partial charge in [0.15, 0.2) is 11.6 Å². The summed E-state index contributed by atoms with van der Waals surface area (Å²) in [4.78, 5) is 39.4. The first-order chi connectivity index (χ1) is 15.4. The molecule has 1 aromatic heterocycles. The number of ether oxygens (including phenoxy) is 3. The van der Waals surface area contributed by atoms with Gasteiger partial charge < -0.3 is 18.6 Å². The van der Waals surface area contributed by atoms with Gasteiger partial charge in [0.2, 0.25) is 0 Å². The predicted octanol–water partition coefficient (Wildman–Crippen LogP) is 4.46. The van der Waals surface area contributed by atoms with Crippen LogP contribution in [0.5, 0.6) is 0 Å². The smallest absolute Gasteiger partial charge is 0.342 e. The normalized spacial score (nSPS) is 13.9. The van der Waals surface area contributed by atoms with Crippen LogP contribution in [0, 0.1) is 0 Å². The van der Waals surface area contributed by atoms with E-state index in [1.807, 2.05) is 19.9 Å². The lowest BCUT2D eigenvalue weighted by molar-refractivity contribution is 0.0371. The lowest BCUT2D eigenvalue weighted by atomic mass is 9.81. The molecule has 1 aromatic carbocycles. The SMILES string of the molecule is COCc1ccc(COC)c2c1C(=O)C=C(C(CC=C(C)C)OC(=O)c1ccoc1)C2=O. The summed E-state index contributed by atoms with van der Waals surface area (Å²) in [5.41, 5.74) is 3.13. The summed E-state index contributed by atoms with van der Waals surface area (Å²) in [6.45, 7) is 4.16. The number of benzene rings is 1. The van der Waals surface area contributed by atoms with E-state index in [2.05, 4.69) is 0 Å². The van der Waals surface area contributed by atoms with E-state index >= 15 is 0 Å². The molecule has 1 heterocycles. The zero-order chi connectivity index (χ0) is 23.3. The fourth-order valence-electron chi connectivity index (χ4n) is 3.60. The molecule has 32 heavy (non-hydrogen) atoms. The molecule has 0 aliphatic heterocycles. The number of hydrogen-bond acceptors (Lipinski definition) is 7. The van der Waals surface area contributed by atoms with E-state index < -0.39 is 12.1 Å². The third-order valence-electron chi connectivity index (χ3n) is 5.09. The van der Waals surface area contributed by atoms with Gasteiger partial charge in [-0.2, -0.15) is 0 Å². The van der Waals surface area contributed by atoms with Gasteiger partial charge in [0.1, 0.15) is 12.4 Å². The minimum absolute atomic E-state index is 0.128. The summed E-state index contributed by atoms with van der Waals surface area (Å²) in [6, 6.07) is 5.00. The number of carbonyl (C=O) groups excluding carboxylic acids is 3. The van der Waals surface area contributed by atoms with Crippen molar-refractivity contribution >= 4 is 17.5 Å². The first-order valence-corrected chi connectivity index (χ1v) is 10.2. The van der Waals surface area contributed by atoms with Crippen molar-refractivity contribution in [2.45, 2.75) is 39.6 Å². The monoisotopic (exact) mass is 438 g/mol. The Balaban J connectivity index is 2.06. The van der Waals surface area contributed by atoms with Crippen LogP contribution in [0.4, 0.5) is 0 Å². The van der Waals surface area contributed by atoms with Gasteiger partial charge in [-0.25, -0.2) is 4.79 Å². The maximum atomic E-state index is 13.6. The molecule has 7 nitrogen and oxygen atoms in total. The zero-order valence-corrected chi connectivity index (χ0v) is 18.6. The highest BCUT2D eigenvalue weighted by atomic mass is 16.5. The van der Waals surface area contributed by atoms with Crippen LogP contribution in [-0.2, 0) is 27.4 Å². The molecule has 1 unspecified atom stereocenters. The van der Waals surface area contributed by atoms with Gasteiger partial charge in [0, 0.05) is 37.3 Å². The maximum absolute atomic E-state index is 13.6. The number of hydrogen-bond donors (Lipinski definition) is 0.